The Labute approximate surface area is 127 Å². The Morgan fingerprint density at radius 1 is 1.30 bits per heavy atom. The zero-order chi connectivity index (χ0) is 13.7. The van der Waals surface area contributed by atoms with E-state index in [0.717, 1.165) is 31.4 Å². The molecule has 2 rings (SSSR count). The van der Waals surface area contributed by atoms with Crippen LogP contribution in [0.4, 0.5) is 0 Å². The number of nitrogens with one attached hydrogen (secondary N) is 1. The number of hydrogen-bond donors (Lipinski definition) is 2. The molecule has 1 saturated carbocycles. The molecule has 4 heteroatoms. The molecule has 0 aliphatic heterocycles. The van der Waals surface area contributed by atoms with Gasteiger partial charge >= 0.3 is 0 Å². The lowest BCUT2D eigenvalue weighted by atomic mass is 9.86. The van der Waals surface area contributed by atoms with Gasteiger partial charge in [0.2, 0.25) is 0 Å². The number of nitrogens with two attached hydrogens (primary N) is 1. The number of hydrogen-bond acceptors (Lipinski definition) is 2. The van der Waals surface area contributed by atoms with Crippen molar-refractivity contribution in [3.8, 4) is 0 Å². The lowest BCUT2D eigenvalue weighted by molar-refractivity contribution is 0.0942. The third-order valence-electron chi connectivity index (χ3n) is 4.00. The molecule has 0 radical (unpaired) electrons. The van der Waals surface area contributed by atoms with Gasteiger partial charge in [-0.05, 0) is 49.3 Å². The summed E-state index contributed by atoms with van der Waals surface area (Å²) in [7, 11) is 0. The van der Waals surface area contributed by atoms with E-state index in [4.69, 9.17) is 5.73 Å². The minimum atomic E-state index is 0. The Kier molecular flexibility index (Phi) is 7.03. The minimum absolute atomic E-state index is 0. The van der Waals surface area contributed by atoms with Crippen LogP contribution in [0.2, 0.25) is 0 Å². The smallest absolute Gasteiger partial charge is 0.251 e. The Morgan fingerprint density at radius 2 is 2.00 bits per heavy atom. The summed E-state index contributed by atoms with van der Waals surface area (Å²) in [5.41, 5.74) is 7.97. The van der Waals surface area contributed by atoms with E-state index in [9.17, 15) is 4.79 Å². The fourth-order valence-corrected chi connectivity index (χ4v) is 2.75. The van der Waals surface area contributed by atoms with Crippen LogP contribution in [0.1, 0.15) is 48.5 Å². The van der Waals surface area contributed by atoms with E-state index in [-0.39, 0.29) is 18.3 Å². The number of carbonyl (C=O) groups is 1. The topological polar surface area (TPSA) is 55.1 Å². The zero-order valence-corrected chi connectivity index (χ0v) is 12.9. The molecule has 3 nitrogen and oxygen atoms in total. The van der Waals surface area contributed by atoms with E-state index in [0.29, 0.717) is 12.0 Å². The molecule has 2 unspecified atom stereocenters. The van der Waals surface area contributed by atoms with Crippen LogP contribution in [-0.4, -0.2) is 18.5 Å². The van der Waals surface area contributed by atoms with Gasteiger partial charge in [-0.25, -0.2) is 0 Å². The number of rotatable bonds is 4. The molecule has 1 aromatic carbocycles. The molecule has 1 aromatic rings. The van der Waals surface area contributed by atoms with Crippen molar-refractivity contribution >= 4 is 18.3 Å². The van der Waals surface area contributed by atoms with Crippen molar-refractivity contribution in [2.75, 3.05) is 6.54 Å². The molecule has 1 aliphatic carbocycles. The molecule has 112 valence electrons. The molecular formula is C16H25ClN2O. The monoisotopic (exact) mass is 296 g/mol. The molecule has 1 amide bonds. The highest BCUT2D eigenvalue weighted by Crippen LogP contribution is 2.22. The summed E-state index contributed by atoms with van der Waals surface area (Å²) in [6.45, 7) is 2.86. The summed E-state index contributed by atoms with van der Waals surface area (Å²) in [4.78, 5) is 12.0. The maximum Gasteiger partial charge on any atom is 0.251 e. The molecule has 0 heterocycles. The van der Waals surface area contributed by atoms with E-state index in [2.05, 4.69) is 12.2 Å². The van der Waals surface area contributed by atoms with E-state index in [1.807, 2.05) is 24.3 Å². The van der Waals surface area contributed by atoms with Crippen LogP contribution in [0.5, 0.6) is 0 Å². The first-order valence-electron chi connectivity index (χ1n) is 7.31. The first kappa shape index (κ1) is 17.0. The van der Waals surface area contributed by atoms with Crippen LogP contribution in [-0.2, 0) is 6.42 Å². The van der Waals surface area contributed by atoms with Gasteiger partial charge in [-0.15, -0.1) is 12.4 Å². The van der Waals surface area contributed by atoms with Gasteiger partial charge in [0.1, 0.15) is 0 Å². The Balaban J connectivity index is 0.00000200. The number of benzene rings is 1. The minimum Gasteiger partial charge on any atom is -0.352 e. The summed E-state index contributed by atoms with van der Waals surface area (Å²) in [6.07, 6.45) is 5.54. The number of amides is 1. The third kappa shape index (κ3) is 4.80. The Hall–Kier alpha value is -1.06. The van der Waals surface area contributed by atoms with Crippen LogP contribution in [0.3, 0.4) is 0 Å². The van der Waals surface area contributed by atoms with Crippen molar-refractivity contribution < 1.29 is 4.79 Å². The third-order valence-corrected chi connectivity index (χ3v) is 4.00. The standard InChI is InChI=1S/C16H24N2O.ClH/c1-2-12-6-8-14(9-7-12)16(19)18-11-13-4-3-5-15(17)10-13;/h6-9,13,15H,2-5,10-11,17H2,1H3,(H,18,19);1H. The van der Waals surface area contributed by atoms with E-state index in [1.165, 1.54) is 18.4 Å². The van der Waals surface area contributed by atoms with Crippen molar-refractivity contribution in [2.45, 2.75) is 45.1 Å². The van der Waals surface area contributed by atoms with Gasteiger partial charge in [0, 0.05) is 18.2 Å². The van der Waals surface area contributed by atoms with Crippen LogP contribution in [0.15, 0.2) is 24.3 Å². The Bertz CT molecular complexity index is 419. The molecule has 20 heavy (non-hydrogen) atoms. The highest BCUT2D eigenvalue weighted by molar-refractivity contribution is 5.94. The molecule has 3 N–H and O–H groups in total. The van der Waals surface area contributed by atoms with Crippen molar-refractivity contribution in [3.05, 3.63) is 35.4 Å². The second kappa shape index (κ2) is 8.28. The van der Waals surface area contributed by atoms with E-state index >= 15 is 0 Å². The number of carbonyl (C=O) groups excluding carboxylic acids is 1. The van der Waals surface area contributed by atoms with Gasteiger partial charge in [-0.3, -0.25) is 4.79 Å². The number of aryl methyl sites for hydroxylation is 1. The number of halogens is 1. The molecule has 0 spiro atoms. The molecule has 1 fully saturated rings. The predicted molar refractivity (Wildman–Crippen MR) is 85.3 cm³/mol. The fourth-order valence-electron chi connectivity index (χ4n) is 2.75. The molecule has 2 atom stereocenters. The van der Waals surface area contributed by atoms with Crippen molar-refractivity contribution in [3.63, 3.8) is 0 Å². The molecule has 0 saturated heterocycles. The average Bonchev–Trinajstić information content (AvgIpc) is 2.45. The van der Waals surface area contributed by atoms with E-state index in [1.54, 1.807) is 0 Å². The van der Waals surface area contributed by atoms with Crippen LogP contribution >= 0.6 is 12.4 Å². The molecule has 0 bridgehead atoms. The molecule has 0 aromatic heterocycles. The maximum atomic E-state index is 12.0. The van der Waals surface area contributed by atoms with Crippen LogP contribution in [0, 0.1) is 5.92 Å². The van der Waals surface area contributed by atoms with E-state index < -0.39 is 0 Å². The van der Waals surface area contributed by atoms with Crippen molar-refractivity contribution in [1.29, 1.82) is 0 Å². The highest BCUT2D eigenvalue weighted by Gasteiger charge is 2.19. The largest absolute Gasteiger partial charge is 0.352 e. The van der Waals surface area contributed by atoms with Gasteiger partial charge in [0.05, 0.1) is 0 Å². The van der Waals surface area contributed by atoms with Gasteiger partial charge < -0.3 is 11.1 Å². The summed E-state index contributed by atoms with van der Waals surface area (Å²) >= 11 is 0. The van der Waals surface area contributed by atoms with Crippen LogP contribution in [0.25, 0.3) is 0 Å². The van der Waals surface area contributed by atoms with Crippen molar-refractivity contribution in [2.24, 2.45) is 11.7 Å². The molecular weight excluding hydrogens is 272 g/mol. The highest BCUT2D eigenvalue weighted by atomic mass is 35.5. The van der Waals surface area contributed by atoms with Gasteiger partial charge in [0.15, 0.2) is 0 Å². The second-order valence-electron chi connectivity index (χ2n) is 5.55. The first-order chi connectivity index (χ1) is 9.19. The first-order valence-corrected chi connectivity index (χ1v) is 7.31. The van der Waals surface area contributed by atoms with Crippen molar-refractivity contribution in [1.82, 2.24) is 5.32 Å². The van der Waals surface area contributed by atoms with Crippen LogP contribution < -0.4 is 11.1 Å². The van der Waals surface area contributed by atoms with Gasteiger partial charge in [-0.1, -0.05) is 25.5 Å². The summed E-state index contributed by atoms with van der Waals surface area (Å²) in [5, 5.41) is 3.03. The van der Waals surface area contributed by atoms with Gasteiger partial charge in [0.25, 0.3) is 5.91 Å². The summed E-state index contributed by atoms with van der Waals surface area (Å²) < 4.78 is 0. The normalized spacial score (nSPS) is 21.9. The fraction of sp³-hybridized carbons (Fsp3) is 0.562. The SMILES string of the molecule is CCc1ccc(C(=O)NCC2CCCC(N)C2)cc1.Cl. The Morgan fingerprint density at radius 3 is 2.60 bits per heavy atom. The predicted octanol–water partition coefficient (Wildman–Crippen LogP) is 2.92. The quantitative estimate of drug-likeness (QED) is 0.897. The lowest BCUT2D eigenvalue weighted by Crippen LogP contribution is -2.35. The summed E-state index contributed by atoms with van der Waals surface area (Å²) in [5.74, 6) is 0.574. The molecule has 1 aliphatic rings. The zero-order valence-electron chi connectivity index (χ0n) is 12.1. The second-order valence-corrected chi connectivity index (χ2v) is 5.55. The van der Waals surface area contributed by atoms with Gasteiger partial charge in [-0.2, -0.15) is 0 Å². The average molecular weight is 297 g/mol. The summed E-state index contributed by atoms with van der Waals surface area (Å²) in [6, 6.07) is 8.16. The lowest BCUT2D eigenvalue weighted by Gasteiger charge is -2.26. The maximum absolute atomic E-state index is 12.0.